The summed E-state index contributed by atoms with van der Waals surface area (Å²) in [6, 6.07) is 13.6. The molecule has 4 rings (SSSR count). The van der Waals surface area contributed by atoms with Crippen molar-refractivity contribution in [2.24, 2.45) is 5.14 Å². The molecule has 0 bridgehead atoms. The SMILES string of the molecule is C=Cc1ccc(-c2ccc3c(c2)C(=O)CC2(CCN(S(N)(=O)=O)CC2)O3)cc1. The van der Waals surface area contributed by atoms with Crippen LogP contribution in [0.2, 0.25) is 0 Å². The molecular weight excluding hydrogens is 376 g/mol. The van der Waals surface area contributed by atoms with Crippen molar-refractivity contribution in [3.63, 3.8) is 0 Å². The van der Waals surface area contributed by atoms with Crippen LogP contribution in [0.25, 0.3) is 17.2 Å². The number of carbonyl (C=O) groups is 1. The lowest BCUT2D eigenvalue weighted by molar-refractivity contribution is 0.00594. The molecule has 0 aliphatic carbocycles. The minimum Gasteiger partial charge on any atom is -0.486 e. The molecule has 1 saturated heterocycles. The van der Waals surface area contributed by atoms with Gasteiger partial charge >= 0.3 is 0 Å². The van der Waals surface area contributed by atoms with Crippen molar-refractivity contribution in [3.8, 4) is 16.9 Å². The van der Waals surface area contributed by atoms with E-state index >= 15 is 0 Å². The molecule has 2 aromatic carbocycles. The number of nitrogens with two attached hydrogens (primary N) is 1. The zero-order chi connectivity index (χ0) is 19.9. The van der Waals surface area contributed by atoms with Crippen LogP contribution in [0.15, 0.2) is 49.0 Å². The molecule has 2 aromatic rings. The summed E-state index contributed by atoms with van der Waals surface area (Å²) < 4.78 is 30.5. The van der Waals surface area contributed by atoms with E-state index < -0.39 is 15.8 Å². The average Bonchev–Trinajstić information content (AvgIpc) is 2.67. The third kappa shape index (κ3) is 3.48. The molecule has 28 heavy (non-hydrogen) atoms. The van der Waals surface area contributed by atoms with Crippen LogP contribution in [0.5, 0.6) is 5.75 Å². The normalized spacial score (nSPS) is 19.1. The van der Waals surface area contributed by atoms with Crippen molar-refractivity contribution >= 4 is 22.1 Å². The molecule has 0 atom stereocenters. The number of nitrogens with zero attached hydrogens (tertiary/aromatic N) is 1. The highest BCUT2D eigenvalue weighted by Crippen LogP contribution is 2.41. The first-order valence-electron chi connectivity index (χ1n) is 9.17. The first-order valence-corrected chi connectivity index (χ1v) is 10.7. The van der Waals surface area contributed by atoms with Crippen LogP contribution < -0.4 is 9.88 Å². The lowest BCUT2D eigenvalue weighted by Crippen LogP contribution is -2.53. The number of Topliss-reactive ketones (excluding diaryl/α,β-unsaturated/α-hetero) is 1. The van der Waals surface area contributed by atoms with Crippen LogP contribution in [0.1, 0.15) is 35.2 Å². The van der Waals surface area contributed by atoms with Gasteiger partial charge in [0.15, 0.2) is 5.78 Å². The van der Waals surface area contributed by atoms with Gasteiger partial charge in [-0.25, -0.2) is 5.14 Å². The predicted octanol–water partition coefficient (Wildman–Crippen LogP) is 3.00. The Labute approximate surface area is 164 Å². The van der Waals surface area contributed by atoms with Crippen molar-refractivity contribution in [1.29, 1.82) is 0 Å². The highest BCUT2D eigenvalue weighted by Gasteiger charge is 2.44. The fourth-order valence-electron chi connectivity index (χ4n) is 3.91. The lowest BCUT2D eigenvalue weighted by atomic mass is 9.82. The number of carbonyl (C=O) groups excluding carboxylic acids is 1. The Morgan fingerprint density at radius 1 is 1.07 bits per heavy atom. The molecule has 0 radical (unpaired) electrons. The fraction of sp³-hybridized carbons (Fsp3) is 0.286. The van der Waals surface area contributed by atoms with Gasteiger partial charge < -0.3 is 4.74 Å². The molecule has 2 aliphatic rings. The Balaban J connectivity index is 1.58. The van der Waals surface area contributed by atoms with Crippen LogP contribution in [0.3, 0.4) is 0 Å². The van der Waals surface area contributed by atoms with E-state index in [9.17, 15) is 13.2 Å². The molecule has 1 fully saturated rings. The predicted molar refractivity (Wildman–Crippen MR) is 108 cm³/mol. The summed E-state index contributed by atoms with van der Waals surface area (Å²) in [5, 5.41) is 5.21. The summed E-state index contributed by atoms with van der Waals surface area (Å²) in [6.45, 7) is 4.27. The summed E-state index contributed by atoms with van der Waals surface area (Å²) >= 11 is 0. The quantitative estimate of drug-likeness (QED) is 0.861. The molecule has 146 valence electrons. The van der Waals surface area contributed by atoms with Gasteiger partial charge in [0, 0.05) is 25.9 Å². The Kier molecular flexibility index (Phi) is 4.61. The second kappa shape index (κ2) is 6.84. The topological polar surface area (TPSA) is 89.7 Å². The highest BCUT2D eigenvalue weighted by molar-refractivity contribution is 7.86. The summed E-state index contributed by atoms with van der Waals surface area (Å²) in [6.07, 6.45) is 2.92. The van der Waals surface area contributed by atoms with E-state index in [1.165, 1.54) is 4.31 Å². The maximum Gasteiger partial charge on any atom is 0.276 e. The number of hydrogen-bond acceptors (Lipinski definition) is 4. The monoisotopic (exact) mass is 398 g/mol. The summed E-state index contributed by atoms with van der Waals surface area (Å²) in [5.74, 6) is 0.585. The van der Waals surface area contributed by atoms with E-state index in [-0.39, 0.29) is 25.3 Å². The summed E-state index contributed by atoms with van der Waals surface area (Å²) in [4.78, 5) is 12.9. The second-order valence-corrected chi connectivity index (χ2v) is 8.91. The van der Waals surface area contributed by atoms with Crippen LogP contribution in [0, 0.1) is 0 Å². The molecular formula is C21H22N2O4S. The van der Waals surface area contributed by atoms with E-state index in [0.29, 0.717) is 24.2 Å². The van der Waals surface area contributed by atoms with Gasteiger partial charge in [0.2, 0.25) is 0 Å². The van der Waals surface area contributed by atoms with Crippen LogP contribution >= 0.6 is 0 Å². The molecule has 2 heterocycles. The Morgan fingerprint density at radius 3 is 2.32 bits per heavy atom. The van der Waals surface area contributed by atoms with E-state index in [0.717, 1.165) is 16.7 Å². The van der Waals surface area contributed by atoms with Gasteiger partial charge in [-0.1, -0.05) is 43.0 Å². The molecule has 2 N–H and O–H groups in total. The van der Waals surface area contributed by atoms with Crippen molar-refractivity contribution < 1.29 is 17.9 Å². The molecule has 6 nitrogen and oxygen atoms in total. The maximum atomic E-state index is 12.9. The molecule has 0 saturated carbocycles. The maximum absolute atomic E-state index is 12.9. The van der Waals surface area contributed by atoms with Gasteiger partial charge in [-0.3, -0.25) is 4.79 Å². The van der Waals surface area contributed by atoms with Crippen molar-refractivity contribution in [3.05, 3.63) is 60.2 Å². The smallest absolute Gasteiger partial charge is 0.276 e. The van der Waals surface area contributed by atoms with Gasteiger partial charge in [-0.05, 0) is 28.8 Å². The Bertz CT molecular complexity index is 1040. The molecule has 7 heteroatoms. The Hall–Kier alpha value is -2.48. The number of hydrogen-bond donors (Lipinski definition) is 1. The minimum atomic E-state index is -3.71. The second-order valence-electron chi connectivity index (χ2n) is 7.37. The average molecular weight is 398 g/mol. The highest BCUT2D eigenvalue weighted by atomic mass is 32.2. The van der Waals surface area contributed by atoms with Crippen molar-refractivity contribution in [2.75, 3.05) is 13.1 Å². The summed E-state index contributed by atoms with van der Waals surface area (Å²) in [7, 11) is -3.71. The van der Waals surface area contributed by atoms with Crippen LogP contribution in [0.4, 0.5) is 0 Å². The number of ketones is 1. The van der Waals surface area contributed by atoms with E-state index in [4.69, 9.17) is 9.88 Å². The van der Waals surface area contributed by atoms with Crippen molar-refractivity contribution in [2.45, 2.75) is 24.9 Å². The van der Waals surface area contributed by atoms with E-state index in [2.05, 4.69) is 6.58 Å². The van der Waals surface area contributed by atoms with E-state index in [1.807, 2.05) is 42.5 Å². The van der Waals surface area contributed by atoms with Gasteiger partial charge in [-0.15, -0.1) is 0 Å². The zero-order valence-corrected chi connectivity index (χ0v) is 16.2. The molecule has 0 unspecified atom stereocenters. The first kappa shape index (κ1) is 18.9. The van der Waals surface area contributed by atoms with Crippen molar-refractivity contribution in [1.82, 2.24) is 4.31 Å². The third-order valence-corrected chi connectivity index (χ3v) is 6.65. The van der Waals surface area contributed by atoms with Crippen LogP contribution in [-0.4, -0.2) is 37.2 Å². The first-order chi connectivity index (χ1) is 13.3. The zero-order valence-electron chi connectivity index (χ0n) is 15.4. The molecule has 0 aromatic heterocycles. The van der Waals surface area contributed by atoms with Gasteiger partial charge in [0.05, 0.1) is 12.0 Å². The molecule has 0 amide bonds. The van der Waals surface area contributed by atoms with Gasteiger partial charge in [-0.2, -0.15) is 12.7 Å². The lowest BCUT2D eigenvalue weighted by Gasteiger charge is -2.43. The molecule has 2 aliphatic heterocycles. The minimum absolute atomic E-state index is 0.0230. The van der Waals surface area contributed by atoms with E-state index in [1.54, 1.807) is 6.08 Å². The molecule has 1 spiro atoms. The number of benzene rings is 2. The number of rotatable bonds is 3. The largest absolute Gasteiger partial charge is 0.486 e. The van der Waals surface area contributed by atoms with Gasteiger partial charge in [0.1, 0.15) is 11.4 Å². The standard InChI is InChI=1S/C21H22N2O4S/c1-2-15-3-5-16(6-4-15)17-7-8-20-18(13-17)19(24)14-21(27-20)9-11-23(12-10-21)28(22,25)26/h2-8,13H,1,9-12,14H2,(H2,22,25,26). The third-order valence-electron chi connectivity index (χ3n) is 5.56. The Morgan fingerprint density at radius 2 is 1.71 bits per heavy atom. The number of ether oxygens (including phenoxy) is 1. The van der Waals surface area contributed by atoms with Gasteiger partial charge in [0.25, 0.3) is 10.2 Å². The fourth-order valence-corrected chi connectivity index (χ4v) is 4.60. The van der Waals surface area contributed by atoms with Crippen LogP contribution in [-0.2, 0) is 10.2 Å². The summed E-state index contributed by atoms with van der Waals surface area (Å²) in [5.41, 5.74) is 2.92. The number of piperidine rings is 1. The number of fused-ring (bicyclic) bond motifs is 1.